The van der Waals surface area contributed by atoms with E-state index in [2.05, 4.69) is 53.1 Å². The third-order valence-corrected chi connectivity index (χ3v) is 3.52. The van der Waals surface area contributed by atoms with Crippen molar-refractivity contribution in [2.24, 2.45) is 0 Å². The molecule has 0 bridgehead atoms. The van der Waals surface area contributed by atoms with Gasteiger partial charge in [0.1, 0.15) is 0 Å². The maximum Gasteiger partial charge on any atom is 0.0762 e. The molecule has 0 aliphatic rings. The third kappa shape index (κ3) is 3.70. The van der Waals surface area contributed by atoms with Gasteiger partial charge in [0, 0.05) is 38.1 Å². The first kappa shape index (κ1) is 14.8. The molecule has 1 unspecified atom stereocenters. The molecule has 2 heterocycles. The lowest BCUT2D eigenvalue weighted by atomic mass is 10.2. The molecule has 0 saturated heterocycles. The van der Waals surface area contributed by atoms with Crippen LogP contribution >= 0.6 is 0 Å². The normalized spacial score (nSPS) is 12.8. The van der Waals surface area contributed by atoms with Gasteiger partial charge in [0.2, 0.25) is 0 Å². The highest BCUT2D eigenvalue weighted by Gasteiger charge is 2.08. The van der Waals surface area contributed by atoms with Crippen molar-refractivity contribution in [3.8, 4) is 0 Å². The van der Waals surface area contributed by atoms with Gasteiger partial charge in [-0.25, -0.2) is 0 Å². The molecule has 0 saturated carbocycles. The predicted molar refractivity (Wildman–Crippen MR) is 80.3 cm³/mol. The molecule has 0 radical (unpaired) electrons. The van der Waals surface area contributed by atoms with Crippen molar-refractivity contribution in [1.29, 1.82) is 0 Å². The number of hydrogen-bond acceptors (Lipinski definition) is 3. The molecule has 0 aliphatic heterocycles. The molecule has 110 valence electrons. The lowest BCUT2D eigenvalue weighted by Gasteiger charge is -2.13. The van der Waals surface area contributed by atoms with Crippen molar-refractivity contribution in [1.82, 2.24) is 24.9 Å². The summed E-state index contributed by atoms with van der Waals surface area (Å²) in [5, 5.41) is 12.4. The van der Waals surface area contributed by atoms with Crippen LogP contribution in [0.2, 0.25) is 0 Å². The minimum Gasteiger partial charge on any atom is -0.305 e. The highest BCUT2D eigenvalue weighted by atomic mass is 15.3. The van der Waals surface area contributed by atoms with E-state index in [1.165, 1.54) is 5.69 Å². The maximum absolute atomic E-state index is 4.52. The number of aryl methyl sites for hydroxylation is 1. The molecular weight excluding hydrogens is 250 g/mol. The Morgan fingerprint density at radius 3 is 2.85 bits per heavy atom. The van der Waals surface area contributed by atoms with Gasteiger partial charge in [-0.3, -0.25) is 9.36 Å². The minimum atomic E-state index is 0.450. The van der Waals surface area contributed by atoms with Crippen LogP contribution in [0.4, 0.5) is 0 Å². The van der Waals surface area contributed by atoms with Crippen LogP contribution in [0.1, 0.15) is 51.0 Å². The summed E-state index contributed by atoms with van der Waals surface area (Å²) in [6, 6.07) is 4.61. The van der Waals surface area contributed by atoms with Gasteiger partial charge in [0.05, 0.1) is 11.4 Å². The van der Waals surface area contributed by atoms with Crippen LogP contribution in [0.3, 0.4) is 0 Å². The standard InChI is InChI=1S/C15H25N5/c1-4-9-19-10-7-14(18-19)11-16-12-15-6-8-17-20(15)13(3)5-2/h6-8,10,13,16H,4-5,9,11-12H2,1-3H3. The number of hydrogen-bond donors (Lipinski definition) is 1. The summed E-state index contributed by atoms with van der Waals surface area (Å²) in [6.07, 6.45) is 6.13. The van der Waals surface area contributed by atoms with Gasteiger partial charge in [-0.2, -0.15) is 10.2 Å². The van der Waals surface area contributed by atoms with Gasteiger partial charge in [-0.15, -0.1) is 0 Å². The third-order valence-electron chi connectivity index (χ3n) is 3.52. The molecule has 20 heavy (non-hydrogen) atoms. The van der Waals surface area contributed by atoms with Gasteiger partial charge in [0.25, 0.3) is 0 Å². The van der Waals surface area contributed by atoms with E-state index in [9.17, 15) is 0 Å². The fourth-order valence-electron chi connectivity index (χ4n) is 2.22. The molecule has 0 aromatic carbocycles. The summed E-state index contributed by atoms with van der Waals surface area (Å²) < 4.78 is 4.10. The van der Waals surface area contributed by atoms with E-state index >= 15 is 0 Å². The molecule has 2 aromatic heterocycles. The second-order valence-electron chi connectivity index (χ2n) is 5.20. The zero-order chi connectivity index (χ0) is 14.4. The topological polar surface area (TPSA) is 47.7 Å². The molecule has 0 fully saturated rings. The first-order valence-corrected chi connectivity index (χ1v) is 7.50. The van der Waals surface area contributed by atoms with Crippen LogP contribution in [-0.2, 0) is 19.6 Å². The van der Waals surface area contributed by atoms with Crippen molar-refractivity contribution in [2.75, 3.05) is 0 Å². The number of nitrogens with zero attached hydrogens (tertiary/aromatic N) is 4. The molecule has 1 N–H and O–H groups in total. The van der Waals surface area contributed by atoms with Crippen LogP contribution in [0.15, 0.2) is 24.5 Å². The summed E-state index contributed by atoms with van der Waals surface area (Å²) in [6.45, 7) is 9.15. The van der Waals surface area contributed by atoms with Gasteiger partial charge in [-0.1, -0.05) is 13.8 Å². The zero-order valence-electron chi connectivity index (χ0n) is 12.7. The molecular formula is C15H25N5. The van der Waals surface area contributed by atoms with Gasteiger partial charge >= 0.3 is 0 Å². The molecule has 1 atom stereocenters. The smallest absolute Gasteiger partial charge is 0.0762 e. The Kier molecular flexibility index (Phi) is 5.35. The monoisotopic (exact) mass is 275 g/mol. The van der Waals surface area contributed by atoms with Gasteiger partial charge < -0.3 is 5.32 Å². The zero-order valence-corrected chi connectivity index (χ0v) is 12.7. The largest absolute Gasteiger partial charge is 0.305 e. The fraction of sp³-hybridized carbons (Fsp3) is 0.600. The first-order chi connectivity index (χ1) is 9.74. The predicted octanol–water partition coefficient (Wildman–Crippen LogP) is 2.75. The Bertz CT molecular complexity index is 514. The summed E-state index contributed by atoms with van der Waals surface area (Å²) in [7, 11) is 0. The van der Waals surface area contributed by atoms with Crippen LogP contribution in [0, 0.1) is 0 Å². The molecule has 2 aromatic rings. The Balaban J connectivity index is 1.84. The van der Waals surface area contributed by atoms with Gasteiger partial charge in [-0.05, 0) is 31.9 Å². The Morgan fingerprint density at radius 1 is 1.25 bits per heavy atom. The molecule has 0 spiro atoms. The van der Waals surface area contributed by atoms with Crippen molar-refractivity contribution >= 4 is 0 Å². The highest BCUT2D eigenvalue weighted by Crippen LogP contribution is 2.12. The molecule has 2 rings (SSSR count). The van der Waals surface area contributed by atoms with Crippen molar-refractivity contribution in [2.45, 2.75) is 59.3 Å². The van der Waals surface area contributed by atoms with E-state index in [1.807, 2.05) is 17.1 Å². The molecule has 5 heteroatoms. The second kappa shape index (κ2) is 7.24. The summed E-state index contributed by atoms with van der Waals surface area (Å²) in [5.41, 5.74) is 2.32. The van der Waals surface area contributed by atoms with Crippen LogP contribution < -0.4 is 5.32 Å². The lowest BCUT2D eigenvalue weighted by molar-refractivity contribution is 0.451. The average Bonchev–Trinajstić information content (AvgIpc) is 3.08. The summed E-state index contributed by atoms with van der Waals surface area (Å²) in [4.78, 5) is 0. The fourth-order valence-corrected chi connectivity index (χ4v) is 2.22. The highest BCUT2D eigenvalue weighted by molar-refractivity contribution is 5.03. The van der Waals surface area contributed by atoms with E-state index < -0.39 is 0 Å². The number of rotatable bonds is 8. The van der Waals surface area contributed by atoms with E-state index in [0.717, 1.165) is 38.2 Å². The summed E-state index contributed by atoms with van der Waals surface area (Å²) in [5.74, 6) is 0. The number of aromatic nitrogens is 4. The summed E-state index contributed by atoms with van der Waals surface area (Å²) >= 11 is 0. The quantitative estimate of drug-likeness (QED) is 0.806. The van der Waals surface area contributed by atoms with E-state index in [0.29, 0.717) is 6.04 Å². The van der Waals surface area contributed by atoms with Crippen molar-refractivity contribution in [3.63, 3.8) is 0 Å². The Labute approximate surface area is 121 Å². The van der Waals surface area contributed by atoms with Crippen molar-refractivity contribution in [3.05, 3.63) is 35.9 Å². The minimum absolute atomic E-state index is 0.450. The SMILES string of the molecule is CCCn1ccc(CNCc2ccnn2C(C)CC)n1. The molecule has 5 nitrogen and oxygen atoms in total. The first-order valence-electron chi connectivity index (χ1n) is 7.50. The molecule has 0 aliphatic carbocycles. The second-order valence-corrected chi connectivity index (χ2v) is 5.20. The van der Waals surface area contributed by atoms with Gasteiger partial charge in [0.15, 0.2) is 0 Å². The van der Waals surface area contributed by atoms with E-state index in [4.69, 9.17) is 0 Å². The van der Waals surface area contributed by atoms with Crippen LogP contribution in [0.5, 0.6) is 0 Å². The lowest BCUT2D eigenvalue weighted by Crippen LogP contribution is -2.18. The van der Waals surface area contributed by atoms with Crippen LogP contribution in [-0.4, -0.2) is 19.6 Å². The van der Waals surface area contributed by atoms with Crippen molar-refractivity contribution < 1.29 is 0 Å². The van der Waals surface area contributed by atoms with E-state index in [1.54, 1.807) is 0 Å². The maximum atomic E-state index is 4.52. The van der Waals surface area contributed by atoms with E-state index in [-0.39, 0.29) is 0 Å². The number of nitrogens with one attached hydrogen (secondary N) is 1. The Hall–Kier alpha value is -1.62. The average molecular weight is 275 g/mol. The van der Waals surface area contributed by atoms with Crippen LogP contribution in [0.25, 0.3) is 0 Å². The molecule has 0 amide bonds. The Morgan fingerprint density at radius 2 is 2.10 bits per heavy atom.